The van der Waals surface area contributed by atoms with Gasteiger partial charge in [-0.15, -0.1) is 0 Å². The molecule has 0 radical (unpaired) electrons. The number of rotatable bonds is 4. The van der Waals surface area contributed by atoms with Crippen LogP contribution in [0.25, 0.3) is 0 Å². The first kappa shape index (κ1) is 16.3. The normalized spacial score (nSPS) is 22.0. The molecular weight excluding hydrogens is 252 g/mol. The Morgan fingerprint density at radius 3 is 2.32 bits per heavy atom. The minimum Gasteiger partial charge on any atom is -0.396 e. The summed E-state index contributed by atoms with van der Waals surface area (Å²) in [5.41, 5.74) is -0.156. The second-order valence-electron chi connectivity index (χ2n) is 6.57. The highest BCUT2D eigenvalue weighted by Crippen LogP contribution is 2.36. The maximum Gasteiger partial charge on any atom is 0.248 e. The van der Waals surface area contributed by atoms with Crippen LogP contribution in [0.1, 0.15) is 52.9 Å². The van der Waals surface area contributed by atoms with E-state index in [-0.39, 0.29) is 55.6 Å². The zero-order valence-electron chi connectivity index (χ0n) is 12.0. The van der Waals surface area contributed by atoms with Gasteiger partial charge < -0.3 is 10.4 Å². The van der Waals surface area contributed by atoms with E-state index < -0.39 is 5.92 Å². The summed E-state index contributed by atoms with van der Waals surface area (Å²) in [6, 6.07) is -0.132. The Kier molecular flexibility index (Phi) is 5.30. The van der Waals surface area contributed by atoms with Gasteiger partial charge in [0.1, 0.15) is 0 Å². The van der Waals surface area contributed by atoms with Crippen molar-refractivity contribution < 1.29 is 18.7 Å². The number of carbonyl (C=O) groups is 1. The first-order chi connectivity index (χ1) is 8.65. The van der Waals surface area contributed by atoms with Gasteiger partial charge in [-0.1, -0.05) is 20.8 Å². The third-order valence-electron chi connectivity index (χ3n) is 3.87. The Balaban J connectivity index is 2.54. The summed E-state index contributed by atoms with van der Waals surface area (Å²) in [5.74, 6) is -3.07. The van der Waals surface area contributed by atoms with Gasteiger partial charge in [0.05, 0.1) is 0 Å². The van der Waals surface area contributed by atoms with Gasteiger partial charge in [0.15, 0.2) is 0 Å². The van der Waals surface area contributed by atoms with Crippen molar-refractivity contribution >= 4 is 5.91 Å². The van der Waals surface area contributed by atoms with Crippen LogP contribution in [0.2, 0.25) is 0 Å². The van der Waals surface area contributed by atoms with E-state index in [1.807, 2.05) is 20.8 Å². The molecular formula is C14H25F2NO2. The Morgan fingerprint density at radius 2 is 1.89 bits per heavy atom. The molecule has 1 unspecified atom stereocenters. The average molecular weight is 277 g/mol. The van der Waals surface area contributed by atoms with E-state index in [0.29, 0.717) is 6.42 Å². The molecule has 1 aliphatic carbocycles. The molecule has 0 spiro atoms. The van der Waals surface area contributed by atoms with Crippen molar-refractivity contribution in [3.63, 3.8) is 0 Å². The van der Waals surface area contributed by atoms with Crippen LogP contribution in [0.4, 0.5) is 8.78 Å². The van der Waals surface area contributed by atoms with Crippen LogP contribution < -0.4 is 5.32 Å². The summed E-state index contributed by atoms with van der Waals surface area (Å²) >= 11 is 0. The van der Waals surface area contributed by atoms with E-state index in [9.17, 15) is 13.6 Å². The zero-order chi connectivity index (χ0) is 14.7. The average Bonchev–Trinajstić information content (AvgIpc) is 2.26. The van der Waals surface area contributed by atoms with E-state index >= 15 is 0 Å². The van der Waals surface area contributed by atoms with E-state index in [0.717, 1.165) is 0 Å². The second kappa shape index (κ2) is 6.16. The highest BCUT2D eigenvalue weighted by Gasteiger charge is 2.38. The Bertz CT molecular complexity index is 303. The lowest BCUT2D eigenvalue weighted by molar-refractivity contribution is -0.130. The van der Waals surface area contributed by atoms with Crippen molar-refractivity contribution in [2.45, 2.75) is 64.8 Å². The van der Waals surface area contributed by atoms with Gasteiger partial charge >= 0.3 is 0 Å². The molecule has 1 saturated carbocycles. The molecule has 0 aromatic heterocycles. The molecule has 112 valence electrons. The summed E-state index contributed by atoms with van der Waals surface area (Å²) in [5, 5.41) is 12.0. The van der Waals surface area contributed by atoms with E-state index in [1.165, 1.54) is 0 Å². The first-order valence-corrected chi connectivity index (χ1v) is 6.95. The number of aliphatic hydroxyl groups is 1. The molecule has 1 fully saturated rings. The SMILES string of the molecule is CC(C)(C)C(CCO)NC(=O)C1CCC(F)(F)CC1. The highest BCUT2D eigenvalue weighted by atomic mass is 19.3. The number of carbonyl (C=O) groups excluding carboxylic acids is 1. The van der Waals surface area contributed by atoms with Gasteiger partial charge in [0.25, 0.3) is 0 Å². The van der Waals surface area contributed by atoms with Gasteiger partial charge in [0.2, 0.25) is 11.8 Å². The number of alkyl halides is 2. The predicted molar refractivity (Wildman–Crippen MR) is 70.0 cm³/mol. The minimum atomic E-state index is -2.61. The lowest BCUT2D eigenvalue weighted by atomic mass is 9.82. The summed E-state index contributed by atoms with van der Waals surface area (Å²) in [7, 11) is 0. The van der Waals surface area contributed by atoms with Crippen LogP contribution in [-0.2, 0) is 4.79 Å². The molecule has 1 aliphatic rings. The lowest BCUT2D eigenvalue weighted by Gasteiger charge is -2.34. The molecule has 2 N–H and O–H groups in total. The first-order valence-electron chi connectivity index (χ1n) is 6.95. The molecule has 1 atom stereocenters. The van der Waals surface area contributed by atoms with E-state index in [1.54, 1.807) is 0 Å². The van der Waals surface area contributed by atoms with Crippen LogP contribution in [0, 0.1) is 11.3 Å². The van der Waals surface area contributed by atoms with Crippen LogP contribution in [0.5, 0.6) is 0 Å². The maximum absolute atomic E-state index is 13.0. The number of halogens is 2. The molecule has 0 aromatic carbocycles. The van der Waals surface area contributed by atoms with Crippen LogP contribution in [0.15, 0.2) is 0 Å². The van der Waals surface area contributed by atoms with E-state index in [2.05, 4.69) is 5.32 Å². The summed E-state index contributed by atoms with van der Waals surface area (Å²) in [4.78, 5) is 12.1. The van der Waals surface area contributed by atoms with Crippen molar-refractivity contribution in [1.29, 1.82) is 0 Å². The van der Waals surface area contributed by atoms with E-state index in [4.69, 9.17) is 5.11 Å². The minimum absolute atomic E-state index is 0.00492. The molecule has 1 rings (SSSR count). The third-order valence-corrected chi connectivity index (χ3v) is 3.87. The number of hydrogen-bond donors (Lipinski definition) is 2. The van der Waals surface area contributed by atoms with Crippen LogP contribution >= 0.6 is 0 Å². The number of nitrogens with one attached hydrogen (secondary N) is 1. The van der Waals surface area contributed by atoms with Crippen molar-refractivity contribution in [1.82, 2.24) is 5.32 Å². The standard InChI is InChI=1S/C14H25F2NO2/c1-13(2,3)11(6-9-18)17-12(19)10-4-7-14(15,16)8-5-10/h10-11,18H,4-9H2,1-3H3,(H,17,19). The smallest absolute Gasteiger partial charge is 0.248 e. The topological polar surface area (TPSA) is 49.3 Å². The van der Waals surface area contributed by atoms with Crippen molar-refractivity contribution in [3.8, 4) is 0 Å². The van der Waals surface area contributed by atoms with Gasteiger partial charge in [-0.3, -0.25) is 4.79 Å². The molecule has 3 nitrogen and oxygen atoms in total. The van der Waals surface area contributed by atoms with Crippen molar-refractivity contribution in [2.75, 3.05) is 6.61 Å². The Morgan fingerprint density at radius 1 is 1.37 bits per heavy atom. The largest absolute Gasteiger partial charge is 0.396 e. The fourth-order valence-electron chi connectivity index (χ4n) is 2.44. The molecule has 19 heavy (non-hydrogen) atoms. The molecule has 1 amide bonds. The number of amides is 1. The molecule has 0 heterocycles. The molecule has 0 aliphatic heterocycles. The maximum atomic E-state index is 13.0. The summed E-state index contributed by atoms with van der Waals surface area (Å²) in [6.07, 6.45) is 0.568. The third kappa shape index (κ3) is 5.05. The summed E-state index contributed by atoms with van der Waals surface area (Å²) in [6.45, 7) is 5.97. The van der Waals surface area contributed by atoms with Crippen molar-refractivity contribution in [3.05, 3.63) is 0 Å². The molecule has 5 heteroatoms. The predicted octanol–water partition coefficient (Wildman–Crippen LogP) is 2.73. The zero-order valence-corrected chi connectivity index (χ0v) is 12.0. The highest BCUT2D eigenvalue weighted by molar-refractivity contribution is 5.79. The Hall–Kier alpha value is -0.710. The second-order valence-corrected chi connectivity index (χ2v) is 6.57. The van der Waals surface area contributed by atoms with Gasteiger partial charge in [0, 0.05) is 31.4 Å². The summed E-state index contributed by atoms with van der Waals surface area (Å²) < 4.78 is 26.1. The monoisotopic (exact) mass is 277 g/mol. The lowest BCUT2D eigenvalue weighted by Crippen LogP contribution is -2.47. The number of aliphatic hydroxyl groups excluding tert-OH is 1. The van der Waals surface area contributed by atoms with Crippen LogP contribution in [-0.4, -0.2) is 29.6 Å². The fourth-order valence-corrected chi connectivity index (χ4v) is 2.44. The fraction of sp³-hybridized carbons (Fsp3) is 0.929. The molecule has 0 saturated heterocycles. The molecule has 0 bridgehead atoms. The van der Waals surface area contributed by atoms with Crippen LogP contribution in [0.3, 0.4) is 0 Å². The molecule has 0 aromatic rings. The quantitative estimate of drug-likeness (QED) is 0.830. The van der Waals surface area contributed by atoms with Crippen molar-refractivity contribution in [2.24, 2.45) is 11.3 Å². The van der Waals surface area contributed by atoms with Gasteiger partial charge in [-0.05, 0) is 24.7 Å². The Labute approximate surface area is 113 Å². The van der Waals surface area contributed by atoms with Gasteiger partial charge in [-0.2, -0.15) is 0 Å². The number of hydrogen-bond acceptors (Lipinski definition) is 2. The van der Waals surface area contributed by atoms with Gasteiger partial charge in [-0.25, -0.2) is 8.78 Å².